The molecule has 5 heteroatoms. The lowest BCUT2D eigenvalue weighted by atomic mass is 9.63. The molecule has 3 N–H and O–H groups in total. The van der Waals surface area contributed by atoms with E-state index in [4.69, 9.17) is 15.6 Å². The minimum Gasteiger partial charge on any atom is -0.479 e. The molecule has 0 amide bonds. The summed E-state index contributed by atoms with van der Waals surface area (Å²) in [6.45, 7) is 3.70. The number of ether oxygens (including phenoxy) is 1. The van der Waals surface area contributed by atoms with E-state index in [1.54, 1.807) is 0 Å². The molecule has 3 rings (SSSR count). The third-order valence-corrected chi connectivity index (χ3v) is 3.24. The fourth-order valence-electron chi connectivity index (χ4n) is 2.25. The molecular weight excluding hydrogens is 194 g/mol. The highest BCUT2D eigenvalue weighted by Crippen LogP contribution is 2.58. The first-order chi connectivity index (χ1) is 5.31. The number of aliphatic carboxylic acids is 1. The van der Waals surface area contributed by atoms with Gasteiger partial charge in [-0.3, -0.25) is 0 Å². The number of carboxylic acids is 1. The summed E-state index contributed by atoms with van der Waals surface area (Å²) in [4.78, 5) is 10.8. The molecule has 0 aromatic rings. The Balaban J connectivity index is 0.000000845. The topological polar surface area (TPSA) is 72.5 Å². The SMILES string of the molecule is CC1(C)OC2(C(=O)O)CC1(N)C2.Cl. The van der Waals surface area contributed by atoms with Gasteiger partial charge in [-0.2, -0.15) is 0 Å². The first-order valence-electron chi connectivity index (χ1n) is 4.04. The molecule has 0 aromatic carbocycles. The lowest BCUT2D eigenvalue weighted by Crippen LogP contribution is -2.62. The maximum Gasteiger partial charge on any atom is 0.336 e. The van der Waals surface area contributed by atoms with Crippen molar-refractivity contribution >= 4 is 18.4 Å². The van der Waals surface area contributed by atoms with Crippen LogP contribution in [0.15, 0.2) is 0 Å². The van der Waals surface area contributed by atoms with Crippen LogP contribution in [0.5, 0.6) is 0 Å². The summed E-state index contributed by atoms with van der Waals surface area (Å²) in [5.41, 5.74) is 4.06. The molecule has 0 atom stereocenters. The average molecular weight is 208 g/mol. The summed E-state index contributed by atoms with van der Waals surface area (Å²) >= 11 is 0. The Kier molecular flexibility index (Phi) is 1.97. The molecule has 2 aliphatic heterocycles. The van der Waals surface area contributed by atoms with E-state index in [-0.39, 0.29) is 12.4 Å². The Labute approximate surface area is 82.8 Å². The smallest absolute Gasteiger partial charge is 0.336 e. The zero-order valence-electron chi connectivity index (χ0n) is 7.66. The predicted octanol–water partition coefficient (Wildman–Crippen LogP) is 0.532. The molecule has 2 heterocycles. The van der Waals surface area contributed by atoms with Crippen LogP contribution in [0.1, 0.15) is 26.7 Å². The van der Waals surface area contributed by atoms with E-state index in [9.17, 15) is 4.79 Å². The number of rotatable bonds is 1. The summed E-state index contributed by atoms with van der Waals surface area (Å²) < 4.78 is 5.45. The van der Waals surface area contributed by atoms with Crippen LogP contribution >= 0.6 is 12.4 Å². The number of halogens is 1. The number of carboxylic acid groups (broad SMARTS) is 1. The third-order valence-electron chi connectivity index (χ3n) is 3.24. The molecule has 0 unspecified atom stereocenters. The number of hydrogen-bond donors (Lipinski definition) is 2. The Morgan fingerprint density at radius 3 is 2.08 bits per heavy atom. The van der Waals surface area contributed by atoms with Crippen LogP contribution < -0.4 is 5.73 Å². The summed E-state index contributed by atoms with van der Waals surface area (Å²) in [6, 6.07) is 0. The second-order valence-corrected chi connectivity index (χ2v) is 4.42. The minimum atomic E-state index is -0.974. The van der Waals surface area contributed by atoms with Crippen LogP contribution in [-0.2, 0) is 9.53 Å². The fourth-order valence-corrected chi connectivity index (χ4v) is 2.25. The summed E-state index contributed by atoms with van der Waals surface area (Å²) in [5.74, 6) is -0.880. The molecule has 0 aromatic heterocycles. The molecule has 3 fully saturated rings. The second-order valence-electron chi connectivity index (χ2n) is 4.42. The van der Waals surface area contributed by atoms with Crippen LogP contribution in [0.2, 0.25) is 0 Å². The van der Waals surface area contributed by atoms with Crippen LogP contribution in [0.4, 0.5) is 0 Å². The minimum absolute atomic E-state index is 0. The molecule has 2 bridgehead atoms. The summed E-state index contributed by atoms with van der Waals surface area (Å²) in [7, 11) is 0. The van der Waals surface area contributed by atoms with Gasteiger partial charge in [-0.1, -0.05) is 0 Å². The van der Waals surface area contributed by atoms with Gasteiger partial charge in [0, 0.05) is 12.8 Å². The molecule has 4 nitrogen and oxygen atoms in total. The molecule has 0 spiro atoms. The quantitative estimate of drug-likeness (QED) is 0.658. The third kappa shape index (κ3) is 1.02. The van der Waals surface area contributed by atoms with Crippen molar-refractivity contribution in [3.8, 4) is 0 Å². The van der Waals surface area contributed by atoms with Gasteiger partial charge in [0.15, 0.2) is 5.60 Å². The van der Waals surface area contributed by atoms with Crippen LogP contribution in [0, 0.1) is 0 Å². The van der Waals surface area contributed by atoms with Crippen molar-refractivity contribution in [2.45, 2.75) is 43.4 Å². The highest BCUT2D eigenvalue weighted by atomic mass is 35.5. The van der Waals surface area contributed by atoms with Gasteiger partial charge in [-0.05, 0) is 13.8 Å². The first kappa shape index (κ1) is 10.8. The predicted molar refractivity (Wildman–Crippen MR) is 48.9 cm³/mol. The van der Waals surface area contributed by atoms with Crippen molar-refractivity contribution in [1.82, 2.24) is 0 Å². The highest BCUT2D eigenvalue weighted by molar-refractivity contribution is 5.85. The van der Waals surface area contributed by atoms with E-state index in [0.29, 0.717) is 12.8 Å². The summed E-state index contributed by atoms with van der Waals surface area (Å²) in [6.07, 6.45) is 0.894. The summed E-state index contributed by atoms with van der Waals surface area (Å²) in [5, 5.41) is 8.88. The lowest BCUT2D eigenvalue weighted by molar-refractivity contribution is -0.167. The van der Waals surface area contributed by atoms with Crippen molar-refractivity contribution in [1.29, 1.82) is 0 Å². The van der Waals surface area contributed by atoms with E-state index >= 15 is 0 Å². The van der Waals surface area contributed by atoms with Crippen molar-refractivity contribution in [2.24, 2.45) is 5.73 Å². The van der Waals surface area contributed by atoms with Crippen LogP contribution in [0.3, 0.4) is 0 Å². The normalized spacial score (nSPS) is 44.8. The zero-order valence-corrected chi connectivity index (χ0v) is 8.48. The highest BCUT2D eigenvalue weighted by Gasteiger charge is 2.73. The monoisotopic (exact) mass is 207 g/mol. The number of nitrogens with two attached hydrogens (primary N) is 1. The van der Waals surface area contributed by atoms with Crippen molar-refractivity contribution in [3.63, 3.8) is 0 Å². The largest absolute Gasteiger partial charge is 0.479 e. The van der Waals surface area contributed by atoms with Crippen molar-refractivity contribution in [3.05, 3.63) is 0 Å². The van der Waals surface area contributed by atoms with Gasteiger partial charge >= 0.3 is 5.97 Å². The number of hydrogen-bond acceptors (Lipinski definition) is 3. The van der Waals surface area contributed by atoms with Crippen molar-refractivity contribution in [2.75, 3.05) is 0 Å². The Bertz CT molecular complexity index is 255. The van der Waals surface area contributed by atoms with Gasteiger partial charge in [0.2, 0.25) is 0 Å². The van der Waals surface area contributed by atoms with E-state index in [2.05, 4.69) is 0 Å². The number of fused-ring (bicyclic) bond motifs is 1. The molecular formula is C8H14ClNO3. The van der Waals surface area contributed by atoms with Gasteiger partial charge in [0.05, 0.1) is 11.1 Å². The maximum absolute atomic E-state index is 10.8. The van der Waals surface area contributed by atoms with Crippen LogP contribution in [-0.4, -0.2) is 27.8 Å². The van der Waals surface area contributed by atoms with Crippen LogP contribution in [0.25, 0.3) is 0 Å². The molecule has 76 valence electrons. The Morgan fingerprint density at radius 2 is 1.92 bits per heavy atom. The maximum atomic E-state index is 10.8. The first-order valence-corrected chi connectivity index (χ1v) is 4.04. The van der Waals surface area contributed by atoms with E-state index in [1.807, 2.05) is 13.8 Å². The fraction of sp³-hybridized carbons (Fsp3) is 0.875. The molecule has 13 heavy (non-hydrogen) atoms. The van der Waals surface area contributed by atoms with Gasteiger partial charge < -0.3 is 15.6 Å². The van der Waals surface area contributed by atoms with E-state index in [1.165, 1.54) is 0 Å². The van der Waals surface area contributed by atoms with Gasteiger partial charge in [0.25, 0.3) is 0 Å². The van der Waals surface area contributed by atoms with Gasteiger partial charge in [0.1, 0.15) is 0 Å². The standard InChI is InChI=1S/C8H13NO3.ClH/c1-6(2)8(9)3-7(4-8,12-6)5(10)11;/h3-4,9H2,1-2H3,(H,10,11);1H. The molecule has 1 aliphatic carbocycles. The number of carbonyl (C=O) groups is 1. The Hall–Kier alpha value is -0.320. The van der Waals surface area contributed by atoms with E-state index in [0.717, 1.165) is 0 Å². The average Bonchev–Trinajstić information content (AvgIpc) is 2.10. The van der Waals surface area contributed by atoms with E-state index < -0.39 is 22.7 Å². The van der Waals surface area contributed by atoms with Gasteiger partial charge in [-0.25, -0.2) is 4.79 Å². The molecule has 0 radical (unpaired) electrons. The molecule has 3 aliphatic rings. The Morgan fingerprint density at radius 1 is 1.46 bits per heavy atom. The molecule has 2 saturated heterocycles. The van der Waals surface area contributed by atoms with Crippen molar-refractivity contribution < 1.29 is 14.6 Å². The zero-order chi connectivity index (χ0) is 9.20. The molecule has 1 saturated carbocycles. The second kappa shape index (κ2) is 2.38. The van der Waals surface area contributed by atoms with Gasteiger partial charge in [-0.15, -0.1) is 12.4 Å². The lowest BCUT2D eigenvalue weighted by Gasteiger charge is -2.41.